The van der Waals surface area contributed by atoms with E-state index in [4.69, 9.17) is 0 Å². The van der Waals surface area contributed by atoms with Crippen LogP contribution >= 0.6 is 0 Å². The number of rotatable bonds is 7. The van der Waals surface area contributed by atoms with E-state index in [1.165, 1.54) is 70.9 Å². The van der Waals surface area contributed by atoms with Gasteiger partial charge in [0, 0.05) is 25.2 Å². The Kier molecular flexibility index (Phi) is 4.81. The molecular formula is C17H32N2. The zero-order chi connectivity index (χ0) is 13.1. The van der Waals surface area contributed by atoms with Crippen molar-refractivity contribution in [1.82, 2.24) is 10.2 Å². The molecule has 0 aromatic rings. The van der Waals surface area contributed by atoms with Crippen molar-refractivity contribution in [2.24, 2.45) is 11.8 Å². The predicted molar refractivity (Wildman–Crippen MR) is 81.4 cm³/mol. The van der Waals surface area contributed by atoms with Crippen LogP contribution in [0.25, 0.3) is 0 Å². The van der Waals surface area contributed by atoms with Crippen molar-refractivity contribution in [3.8, 4) is 0 Å². The minimum Gasteiger partial charge on any atom is -0.314 e. The number of nitrogens with zero attached hydrogens (tertiary/aromatic N) is 1. The van der Waals surface area contributed by atoms with E-state index in [0.29, 0.717) is 0 Å². The first-order valence-corrected chi connectivity index (χ1v) is 8.84. The zero-order valence-corrected chi connectivity index (χ0v) is 12.7. The van der Waals surface area contributed by atoms with Crippen LogP contribution in [0, 0.1) is 11.8 Å². The summed E-state index contributed by atoms with van der Waals surface area (Å²) in [4.78, 5) is 2.87. The van der Waals surface area contributed by atoms with Gasteiger partial charge < -0.3 is 5.32 Å². The Morgan fingerprint density at radius 3 is 2.37 bits per heavy atom. The summed E-state index contributed by atoms with van der Waals surface area (Å²) in [5, 5.41) is 3.78. The van der Waals surface area contributed by atoms with E-state index >= 15 is 0 Å². The SMILES string of the molecule is CCNC1CCCCCC1CN(CC1CC1)C1CC1. The molecule has 2 heteroatoms. The number of hydrogen-bond acceptors (Lipinski definition) is 2. The molecule has 3 saturated carbocycles. The second-order valence-corrected chi connectivity index (χ2v) is 7.19. The van der Waals surface area contributed by atoms with Crippen molar-refractivity contribution in [2.45, 2.75) is 76.8 Å². The van der Waals surface area contributed by atoms with Crippen LogP contribution < -0.4 is 5.32 Å². The van der Waals surface area contributed by atoms with Crippen LogP contribution in [0.4, 0.5) is 0 Å². The van der Waals surface area contributed by atoms with Gasteiger partial charge in [0.05, 0.1) is 0 Å². The molecule has 0 spiro atoms. The smallest absolute Gasteiger partial charge is 0.0107 e. The van der Waals surface area contributed by atoms with Crippen LogP contribution in [0.3, 0.4) is 0 Å². The molecule has 19 heavy (non-hydrogen) atoms. The van der Waals surface area contributed by atoms with Crippen molar-refractivity contribution in [2.75, 3.05) is 19.6 Å². The molecule has 0 aromatic heterocycles. The summed E-state index contributed by atoms with van der Waals surface area (Å²) in [5.74, 6) is 1.98. The Hall–Kier alpha value is -0.0800. The standard InChI is InChI=1S/C17H32N2/c1-2-18-17-7-5-3-4-6-15(17)13-19(16-10-11-16)12-14-8-9-14/h14-18H,2-13H2,1H3. The fraction of sp³-hybridized carbons (Fsp3) is 1.00. The minimum atomic E-state index is 0.799. The maximum atomic E-state index is 3.78. The van der Waals surface area contributed by atoms with Crippen LogP contribution in [0.1, 0.15) is 64.7 Å². The summed E-state index contributed by atoms with van der Waals surface area (Å²) in [5.41, 5.74) is 0. The first-order valence-electron chi connectivity index (χ1n) is 8.84. The summed E-state index contributed by atoms with van der Waals surface area (Å²) in [6.45, 7) is 6.22. The Labute approximate surface area is 119 Å². The lowest BCUT2D eigenvalue weighted by molar-refractivity contribution is 0.181. The van der Waals surface area contributed by atoms with Gasteiger partial charge in [0.25, 0.3) is 0 Å². The average Bonchev–Trinajstić information content (AvgIpc) is 3.27. The Morgan fingerprint density at radius 1 is 0.895 bits per heavy atom. The van der Waals surface area contributed by atoms with Crippen LogP contribution in [0.15, 0.2) is 0 Å². The molecule has 3 aliphatic carbocycles. The highest BCUT2D eigenvalue weighted by atomic mass is 15.2. The average molecular weight is 264 g/mol. The van der Waals surface area contributed by atoms with Crippen molar-refractivity contribution < 1.29 is 0 Å². The first-order chi connectivity index (χ1) is 9.36. The molecule has 2 atom stereocenters. The van der Waals surface area contributed by atoms with E-state index in [2.05, 4.69) is 17.1 Å². The molecule has 1 N–H and O–H groups in total. The quantitative estimate of drug-likeness (QED) is 0.709. The van der Waals surface area contributed by atoms with E-state index in [-0.39, 0.29) is 0 Å². The molecule has 0 saturated heterocycles. The van der Waals surface area contributed by atoms with Crippen molar-refractivity contribution in [3.05, 3.63) is 0 Å². The van der Waals surface area contributed by atoms with E-state index in [9.17, 15) is 0 Å². The fourth-order valence-electron chi connectivity index (χ4n) is 3.88. The van der Waals surface area contributed by atoms with E-state index in [0.717, 1.165) is 30.5 Å². The summed E-state index contributed by atoms with van der Waals surface area (Å²) in [6, 6.07) is 1.76. The van der Waals surface area contributed by atoms with Gasteiger partial charge in [-0.15, -0.1) is 0 Å². The van der Waals surface area contributed by atoms with Gasteiger partial charge in [0.15, 0.2) is 0 Å². The van der Waals surface area contributed by atoms with Gasteiger partial charge in [-0.1, -0.05) is 26.2 Å². The molecule has 0 aromatic carbocycles. The molecule has 110 valence electrons. The topological polar surface area (TPSA) is 15.3 Å². The molecule has 2 nitrogen and oxygen atoms in total. The largest absolute Gasteiger partial charge is 0.314 e. The normalized spacial score (nSPS) is 32.5. The van der Waals surface area contributed by atoms with Gasteiger partial charge in [-0.05, 0) is 56.9 Å². The van der Waals surface area contributed by atoms with Gasteiger partial charge in [0.2, 0.25) is 0 Å². The molecule has 3 fully saturated rings. The highest BCUT2D eigenvalue weighted by Gasteiger charge is 2.36. The molecule has 0 aliphatic heterocycles. The van der Waals surface area contributed by atoms with Crippen molar-refractivity contribution >= 4 is 0 Å². The zero-order valence-electron chi connectivity index (χ0n) is 12.7. The fourth-order valence-corrected chi connectivity index (χ4v) is 3.88. The summed E-state index contributed by atoms with van der Waals surface area (Å²) in [7, 11) is 0. The number of hydrogen-bond donors (Lipinski definition) is 1. The molecule has 0 radical (unpaired) electrons. The maximum absolute atomic E-state index is 3.78. The van der Waals surface area contributed by atoms with Crippen LogP contribution in [-0.4, -0.2) is 36.6 Å². The molecule has 3 rings (SSSR count). The minimum absolute atomic E-state index is 0.799. The van der Waals surface area contributed by atoms with Crippen LogP contribution in [0.2, 0.25) is 0 Å². The Balaban J connectivity index is 1.56. The highest BCUT2D eigenvalue weighted by Crippen LogP contribution is 2.36. The third-order valence-electron chi connectivity index (χ3n) is 5.35. The van der Waals surface area contributed by atoms with E-state index in [1.54, 1.807) is 0 Å². The predicted octanol–water partition coefficient (Wildman–Crippen LogP) is 3.42. The van der Waals surface area contributed by atoms with Gasteiger partial charge >= 0.3 is 0 Å². The van der Waals surface area contributed by atoms with Gasteiger partial charge in [-0.3, -0.25) is 4.90 Å². The molecular weight excluding hydrogens is 232 g/mol. The lowest BCUT2D eigenvalue weighted by Crippen LogP contribution is -2.43. The van der Waals surface area contributed by atoms with Crippen LogP contribution in [-0.2, 0) is 0 Å². The second kappa shape index (κ2) is 6.58. The van der Waals surface area contributed by atoms with E-state index in [1.807, 2.05) is 0 Å². The second-order valence-electron chi connectivity index (χ2n) is 7.19. The Morgan fingerprint density at radius 2 is 1.68 bits per heavy atom. The van der Waals surface area contributed by atoms with E-state index < -0.39 is 0 Å². The molecule has 3 aliphatic rings. The molecule has 0 bridgehead atoms. The van der Waals surface area contributed by atoms with Crippen molar-refractivity contribution in [3.63, 3.8) is 0 Å². The number of nitrogens with one attached hydrogen (secondary N) is 1. The first kappa shape index (κ1) is 13.9. The van der Waals surface area contributed by atoms with Gasteiger partial charge in [-0.25, -0.2) is 0 Å². The summed E-state index contributed by atoms with van der Waals surface area (Å²) < 4.78 is 0. The molecule has 0 amide bonds. The summed E-state index contributed by atoms with van der Waals surface area (Å²) >= 11 is 0. The Bertz CT molecular complexity index is 270. The molecule has 0 heterocycles. The lowest BCUT2D eigenvalue weighted by Gasteiger charge is -2.32. The van der Waals surface area contributed by atoms with Crippen molar-refractivity contribution in [1.29, 1.82) is 0 Å². The third kappa shape index (κ3) is 4.19. The maximum Gasteiger partial charge on any atom is 0.0107 e. The highest BCUT2D eigenvalue weighted by molar-refractivity contribution is 4.91. The molecule has 2 unspecified atom stereocenters. The lowest BCUT2D eigenvalue weighted by atomic mass is 9.93. The third-order valence-corrected chi connectivity index (χ3v) is 5.35. The van der Waals surface area contributed by atoms with Crippen LogP contribution in [0.5, 0.6) is 0 Å². The monoisotopic (exact) mass is 264 g/mol. The summed E-state index contributed by atoms with van der Waals surface area (Å²) in [6.07, 6.45) is 13.2. The van der Waals surface area contributed by atoms with Gasteiger partial charge in [-0.2, -0.15) is 0 Å². The van der Waals surface area contributed by atoms with Gasteiger partial charge in [0.1, 0.15) is 0 Å².